The van der Waals surface area contributed by atoms with Crippen LogP contribution >= 0.6 is 0 Å². The van der Waals surface area contributed by atoms with Crippen molar-refractivity contribution in [1.82, 2.24) is 9.13 Å². The van der Waals surface area contributed by atoms with Crippen LogP contribution in [0.15, 0.2) is 17.2 Å². The van der Waals surface area contributed by atoms with Gasteiger partial charge < -0.3 is 14.0 Å². The fraction of sp³-hybridized carbons (Fsp3) is 0.667. The zero-order valence-corrected chi connectivity index (χ0v) is 8.60. The van der Waals surface area contributed by atoms with E-state index in [1.807, 2.05) is 0 Å². The summed E-state index contributed by atoms with van der Waals surface area (Å²) < 4.78 is 13.2. The normalized spacial score (nSPS) is 10.7. The number of methoxy groups -OCH3 is 1. The van der Waals surface area contributed by atoms with Gasteiger partial charge in [0, 0.05) is 26.6 Å². The van der Waals surface area contributed by atoms with Crippen LogP contribution in [0, 0.1) is 0 Å². The van der Waals surface area contributed by atoms with Gasteiger partial charge in [-0.1, -0.05) is 0 Å². The first-order valence-corrected chi connectivity index (χ1v) is 4.54. The molecular formula is C9H16N2O3. The van der Waals surface area contributed by atoms with Crippen molar-refractivity contribution in [1.29, 1.82) is 0 Å². The third kappa shape index (κ3) is 3.01. The van der Waals surface area contributed by atoms with Crippen molar-refractivity contribution in [2.75, 3.05) is 26.9 Å². The molecule has 0 fully saturated rings. The molecule has 1 aromatic heterocycles. The molecule has 1 aromatic rings. The van der Waals surface area contributed by atoms with Gasteiger partial charge in [0.15, 0.2) is 0 Å². The van der Waals surface area contributed by atoms with Crippen molar-refractivity contribution >= 4 is 0 Å². The number of hydrogen-bond acceptors (Lipinski definition) is 3. The highest BCUT2D eigenvalue weighted by Gasteiger charge is 1.98. The fourth-order valence-electron chi connectivity index (χ4n) is 1.09. The van der Waals surface area contributed by atoms with Crippen LogP contribution in [0.4, 0.5) is 0 Å². The van der Waals surface area contributed by atoms with Gasteiger partial charge in [0.2, 0.25) is 0 Å². The number of aryl methyl sites for hydroxylation is 1. The number of ether oxygens (including phenoxy) is 2. The van der Waals surface area contributed by atoms with Crippen LogP contribution in [0.3, 0.4) is 0 Å². The van der Waals surface area contributed by atoms with E-state index in [1.54, 1.807) is 31.1 Å². The average molecular weight is 200 g/mol. The molecule has 14 heavy (non-hydrogen) atoms. The van der Waals surface area contributed by atoms with Gasteiger partial charge in [-0.3, -0.25) is 4.57 Å². The van der Waals surface area contributed by atoms with Crippen LogP contribution in [0.1, 0.15) is 0 Å². The topological polar surface area (TPSA) is 45.4 Å². The molecule has 5 heteroatoms. The van der Waals surface area contributed by atoms with Crippen molar-refractivity contribution in [3.63, 3.8) is 0 Å². The molecule has 0 bridgehead atoms. The van der Waals surface area contributed by atoms with Gasteiger partial charge in [-0.2, -0.15) is 0 Å². The smallest absolute Gasteiger partial charge is 0.327 e. The molecule has 0 radical (unpaired) electrons. The third-order valence-electron chi connectivity index (χ3n) is 1.93. The van der Waals surface area contributed by atoms with Gasteiger partial charge in [0.05, 0.1) is 26.4 Å². The van der Waals surface area contributed by atoms with E-state index in [4.69, 9.17) is 9.47 Å². The van der Waals surface area contributed by atoms with E-state index in [9.17, 15) is 4.79 Å². The highest BCUT2D eigenvalue weighted by atomic mass is 16.5. The largest absolute Gasteiger partial charge is 0.382 e. The zero-order valence-electron chi connectivity index (χ0n) is 8.60. The minimum absolute atomic E-state index is 0.0136. The fourth-order valence-corrected chi connectivity index (χ4v) is 1.09. The SMILES string of the molecule is COCCOCCn1ccn(C)c1=O. The maximum Gasteiger partial charge on any atom is 0.327 e. The molecule has 1 heterocycles. The summed E-state index contributed by atoms with van der Waals surface area (Å²) in [6, 6.07) is 0. The molecule has 0 atom stereocenters. The Morgan fingerprint density at radius 1 is 1.29 bits per heavy atom. The van der Waals surface area contributed by atoms with Crippen LogP contribution in [0.5, 0.6) is 0 Å². The van der Waals surface area contributed by atoms with E-state index in [0.717, 1.165) is 0 Å². The summed E-state index contributed by atoms with van der Waals surface area (Å²) in [5.41, 5.74) is -0.0136. The Labute approximate surface area is 82.9 Å². The average Bonchev–Trinajstić information content (AvgIpc) is 2.49. The maximum atomic E-state index is 11.3. The summed E-state index contributed by atoms with van der Waals surface area (Å²) in [4.78, 5) is 11.3. The Morgan fingerprint density at radius 2 is 2.07 bits per heavy atom. The van der Waals surface area contributed by atoms with Gasteiger partial charge in [-0.25, -0.2) is 4.79 Å². The van der Waals surface area contributed by atoms with E-state index in [2.05, 4.69) is 0 Å². The lowest BCUT2D eigenvalue weighted by Crippen LogP contribution is -2.23. The monoisotopic (exact) mass is 200 g/mol. The Balaban J connectivity index is 2.25. The first-order valence-electron chi connectivity index (χ1n) is 4.54. The third-order valence-corrected chi connectivity index (χ3v) is 1.93. The first-order chi connectivity index (χ1) is 6.75. The van der Waals surface area contributed by atoms with Crippen LogP contribution in [0.25, 0.3) is 0 Å². The van der Waals surface area contributed by atoms with Crippen molar-refractivity contribution in [2.45, 2.75) is 6.54 Å². The molecule has 1 rings (SSSR count). The Hall–Kier alpha value is -1.07. The van der Waals surface area contributed by atoms with Crippen molar-refractivity contribution < 1.29 is 9.47 Å². The molecule has 0 saturated heterocycles. The zero-order chi connectivity index (χ0) is 10.4. The highest BCUT2D eigenvalue weighted by Crippen LogP contribution is 1.84. The van der Waals surface area contributed by atoms with Gasteiger partial charge in [-0.15, -0.1) is 0 Å². The predicted octanol–water partition coefficient (Wildman–Crippen LogP) is -0.150. The molecule has 0 aliphatic rings. The molecule has 0 saturated carbocycles. The summed E-state index contributed by atoms with van der Waals surface area (Å²) in [7, 11) is 3.36. The summed E-state index contributed by atoms with van der Waals surface area (Å²) in [5, 5.41) is 0. The van der Waals surface area contributed by atoms with E-state index in [0.29, 0.717) is 26.4 Å². The minimum atomic E-state index is -0.0136. The van der Waals surface area contributed by atoms with Crippen LogP contribution in [-0.2, 0) is 23.1 Å². The summed E-state index contributed by atoms with van der Waals surface area (Å²) in [6.45, 7) is 2.28. The van der Waals surface area contributed by atoms with E-state index < -0.39 is 0 Å². The molecule has 5 nitrogen and oxygen atoms in total. The molecule has 0 unspecified atom stereocenters. The second kappa shape index (κ2) is 5.62. The maximum absolute atomic E-state index is 11.3. The van der Waals surface area contributed by atoms with E-state index in [-0.39, 0.29) is 5.69 Å². The second-order valence-corrected chi connectivity index (χ2v) is 2.99. The number of aromatic nitrogens is 2. The molecule has 0 aliphatic carbocycles. The Kier molecular flexibility index (Phi) is 4.42. The summed E-state index contributed by atoms with van der Waals surface area (Å²) >= 11 is 0. The Bertz CT molecular complexity index is 316. The van der Waals surface area contributed by atoms with Gasteiger partial charge in [-0.05, 0) is 0 Å². The minimum Gasteiger partial charge on any atom is -0.382 e. The number of imidazole rings is 1. The van der Waals surface area contributed by atoms with Crippen molar-refractivity contribution in [3.8, 4) is 0 Å². The second-order valence-electron chi connectivity index (χ2n) is 2.99. The quantitative estimate of drug-likeness (QED) is 0.600. The van der Waals surface area contributed by atoms with Crippen LogP contribution < -0.4 is 5.69 Å². The number of nitrogens with zero attached hydrogens (tertiary/aromatic N) is 2. The lowest BCUT2D eigenvalue weighted by Gasteiger charge is -2.03. The van der Waals surface area contributed by atoms with E-state index >= 15 is 0 Å². The van der Waals surface area contributed by atoms with Gasteiger partial charge >= 0.3 is 5.69 Å². The summed E-state index contributed by atoms with van der Waals surface area (Å²) in [6.07, 6.45) is 3.49. The Morgan fingerprint density at radius 3 is 2.64 bits per heavy atom. The molecular weight excluding hydrogens is 184 g/mol. The standard InChI is InChI=1S/C9H16N2O3/c1-10-3-4-11(9(10)12)5-6-14-8-7-13-2/h3-4H,5-8H2,1-2H3. The molecule has 0 amide bonds. The number of rotatable bonds is 6. The molecule has 80 valence electrons. The predicted molar refractivity (Wildman–Crippen MR) is 52.4 cm³/mol. The number of hydrogen-bond donors (Lipinski definition) is 0. The van der Waals surface area contributed by atoms with Gasteiger partial charge in [0.1, 0.15) is 0 Å². The van der Waals surface area contributed by atoms with Crippen molar-refractivity contribution in [3.05, 3.63) is 22.9 Å². The van der Waals surface area contributed by atoms with Crippen molar-refractivity contribution in [2.24, 2.45) is 7.05 Å². The van der Waals surface area contributed by atoms with Gasteiger partial charge in [0.25, 0.3) is 0 Å². The van der Waals surface area contributed by atoms with Crippen LogP contribution in [0.2, 0.25) is 0 Å². The molecule has 0 aromatic carbocycles. The highest BCUT2D eigenvalue weighted by molar-refractivity contribution is 4.79. The van der Waals surface area contributed by atoms with E-state index in [1.165, 1.54) is 4.57 Å². The summed E-state index contributed by atoms with van der Waals surface area (Å²) in [5.74, 6) is 0. The first kappa shape index (κ1) is 11.0. The molecule has 0 spiro atoms. The lowest BCUT2D eigenvalue weighted by atomic mass is 10.6. The lowest BCUT2D eigenvalue weighted by molar-refractivity contribution is 0.0662. The molecule has 0 N–H and O–H groups in total. The van der Waals surface area contributed by atoms with Crippen LogP contribution in [-0.4, -0.2) is 36.1 Å². The molecule has 0 aliphatic heterocycles.